The first-order valence-electron chi connectivity index (χ1n) is 4.44. The van der Waals surface area contributed by atoms with Gasteiger partial charge in [-0.15, -0.1) is 0 Å². The van der Waals surface area contributed by atoms with Crippen molar-refractivity contribution in [2.75, 3.05) is 6.61 Å². The molecule has 0 spiro atoms. The van der Waals surface area contributed by atoms with Crippen molar-refractivity contribution in [3.05, 3.63) is 0 Å². The molecule has 0 amide bonds. The number of carbonyl (C=O) groups is 1. The molecule has 0 aliphatic carbocycles. The van der Waals surface area contributed by atoms with E-state index in [1.807, 2.05) is 0 Å². The molecule has 1 aliphatic heterocycles. The topological polar surface area (TPSA) is 116 Å². The monoisotopic (exact) mass is 222 g/mol. The number of carbonyl (C=O) groups excluding carboxylic acids is 1. The molecule has 1 unspecified atom stereocenters. The summed E-state index contributed by atoms with van der Waals surface area (Å²) in [5, 5.41) is 36.9. The summed E-state index contributed by atoms with van der Waals surface area (Å²) in [5.74, 6) is -0.569. The second-order valence-corrected chi connectivity index (χ2v) is 3.34. The van der Waals surface area contributed by atoms with Gasteiger partial charge < -0.3 is 29.9 Å². The number of hydrogen-bond donors (Lipinski definition) is 4. The first kappa shape index (κ1) is 12.3. The summed E-state index contributed by atoms with van der Waals surface area (Å²) in [6, 6.07) is 0. The smallest absolute Gasteiger partial charge is 0.302 e. The number of hydrogen-bond acceptors (Lipinski definition) is 7. The van der Waals surface area contributed by atoms with E-state index in [1.54, 1.807) is 0 Å². The van der Waals surface area contributed by atoms with E-state index < -0.39 is 36.7 Å². The molecule has 15 heavy (non-hydrogen) atoms. The highest BCUT2D eigenvalue weighted by molar-refractivity contribution is 5.65. The van der Waals surface area contributed by atoms with Crippen molar-refractivity contribution in [1.29, 1.82) is 0 Å². The minimum atomic E-state index is -1.61. The average Bonchev–Trinajstić information content (AvgIpc) is 2.18. The van der Waals surface area contributed by atoms with Crippen LogP contribution in [0.2, 0.25) is 0 Å². The van der Waals surface area contributed by atoms with Crippen LogP contribution in [0, 0.1) is 0 Å². The highest BCUT2D eigenvalue weighted by atomic mass is 16.6. The SMILES string of the molecule is CC(=O)OC[C@H]1OC(O)[C@H](O)[C@H](O)[C@H]1O. The van der Waals surface area contributed by atoms with Gasteiger partial charge in [0.2, 0.25) is 0 Å². The normalized spacial score (nSPS) is 41.3. The third kappa shape index (κ3) is 2.86. The predicted molar refractivity (Wildman–Crippen MR) is 45.5 cm³/mol. The fraction of sp³-hybridized carbons (Fsp3) is 0.875. The molecule has 7 nitrogen and oxygen atoms in total. The van der Waals surface area contributed by atoms with Gasteiger partial charge in [-0.2, -0.15) is 0 Å². The van der Waals surface area contributed by atoms with Crippen molar-refractivity contribution in [1.82, 2.24) is 0 Å². The van der Waals surface area contributed by atoms with Crippen molar-refractivity contribution in [3.8, 4) is 0 Å². The zero-order chi connectivity index (χ0) is 11.6. The highest BCUT2D eigenvalue weighted by Gasteiger charge is 2.43. The summed E-state index contributed by atoms with van der Waals surface area (Å²) >= 11 is 0. The Morgan fingerprint density at radius 3 is 2.33 bits per heavy atom. The molecule has 88 valence electrons. The first-order valence-corrected chi connectivity index (χ1v) is 4.44. The average molecular weight is 222 g/mol. The largest absolute Gasteiger partial charge is 0.463 e. The Hall–Kier alpha value is -0.730. The molecule has 4 N–H and O–H groups in total. The Kier molecular flexibility index (Phi) is 4.00. The number of aliphatic hydroxyl groups is 4. The van der Waals surface area contributed by atoms with Gasteiger partial charge >= 0.3 is 5.97 Å². The van der Waals surface area contributed by atoms with Gasteiger partial charge in [-0.25, -0.2) is 0 Å². The van der Waals surface area contributed by atoms with Gasteiger partial charge in [-0.3, -0.25) is 4.79 Å². The van der Waals surface area contributed by atoms with E-state index in [0.717, 1.165) is 0 Å². The molecule has 1 fully saturated rings. The summed E-state index contributed by atoms with van der Waals surface area (Å²) in [6.45, 7) is 0.883. The minimum absolute atomic E-state index is 0.294. The van der Waals surface area contributed by atoms with Crippen LogP contribution in [0.5, 0.6) is 0 Å². The second kappa shape index (κ2) is 4.86. The Morgan fingerprint density at radius 1 is 1.20 bits per heavy atom. The molecule has 0 aromatic carbocycles. The number of ether oxygens (including phenoxy) is 2. The van der Waals surface area contributed by atoms with Crippen LogP contribution in [0.3, 0.4) is 0 Å². The van der Waals surface area contributed by atoms with Crippen LogP contribution in [0.25, 0.3) is 0 Å². The van der Waals surface area contributed by atoms with E-state index in [-0.39, 0.29) is 6.61 Å². The fourth-order valence-electron chi connectivity index (χ4n) is 1.27. The van der Waals surface area contributed by atoms with Gasteiger partial charge in [-0.1, -0.05) is 0 Å². The molecule has 0 bridgehead atoms. The maximum atomic E-state index is 10.5. The Labute approximate surface area is 85.9 Å². The fourth-order valence-corrected chi connectivity index (χ4v) is 1.27. The lowest BCUT2D eigenvalue weighted by molar-refractivity contribution is -0.287. The van der Waals surface area contributed by atoms with Crippen LogP contribution in [0.15, 0.2) is 0 Å². The molecule has 1 aliphatic rings. The van der Waals surface area contributed by atoms with Gasteiger partial charge in [0, 0.05) is 6.92 Å². The number of esters is 1. The van der Waals surface area contributed by atoms with Gasteiger partial charge in [0.25, 0.3) is 0 Å². The van der Waals surface area contributed by atoms with Crippen LogP contribution >= 0.6 is 0 Å². The van der Waals surface area contributed by atoms with Crippen molar-refractivity contribution >= 4 is 5.97 Å². The maximum Gasteiger partial charge on any atom is 0.302 e. The van der Waals surface area contributed by atoms with Gasteiger partial charge in [0.1, 0.15) is 31.0 Å². The third-order valence-electron chi connectivity index (χ3n) is 2.14. The number of aliphatic hydroxyl groups excluding tert-OH is 4. The lowest BCUT2D eigenvalue weighted by atomic mass is 9.99. The first-order chi connectivity index (χ1) is 6.93. The maximum absolute atomic E-state index is 10.5. The molecular formula is C8H14O7. The van der Waals surface area contributed by atoms with Gasteiger partial charge in [0.15, 0.2) is 6.29 Å². The molecule has 7 heteroatoms. The standard InChI is InChI=1S/C8H14O7/c1-3(9)14-2-4-5(10)6(11)7(12)8(13)15-4/h4-8,10-13H,2H2,1H3/t4-,5+,6-,7-,8?/m1/s1. The summed E-state index contributed by atoms with van der Waals surface area (Å²) in [7, 11) is 0. The lowest BCUT2D eigenvalue weighted by Gasteiger charge is -2.37. The molecule has 5 atom stereocenters. The Bertz CT molecular complexity index is 231. The molecule has 0 saturated carbocycles. The van der Waals surface area contributed by atoms with Crippen molar-refractivity contribution in [3.63, 3.8) is 0 Å². The predicted octanol–water partition coefficient (Wildman–Crippen LogP) is -2.65. The summed E-state index contributed by atoms with van der Waals surface area (Å²) < 4.78 is 9.31. The zero-order valence-electron chi connectivity index (χ0n) is 8.11. The Morgan fingerprint density at radius 2 is 1.80 bits per heavy atom. The van der Waals surface area contributed by atoms with Crippen LogP contribution < -0.4 is 0 Å². The van der Waals surface area contributed by atoms with E-state index in [4.69, 9.17) is 14.9 Å². The summed E-state index contributed by atoms with van der Waals surface area (Å²) in [6.07, 6.45) is -7.18. The number of rotatable bonds is 2. The molecule has 1 heterocycles. The van der Waals surface area contributed by atoms with E-state index in [2.05, 4.69) is 4.74 Å². The van der Waals surface area contributed by atoms with Crippen LogP contribution in [0.4, 0.5) is 0 Å². The molecule has 1 saturated heterocycles. The third-order valence-corrected chi connectivity index (χ3v) is 2.14. The Balaban J connectivity index is 2.54. The minimum Gasteiger partial charge on any atom is -0.463 e. The van der Waals surface area contributed by atoms with E-state index in [1.165, 1.54) is 6.92 Å². The van der Waals surface area contributed by atoms with Crippen molar-refractivity contribution in [2.45, 2.75) is 37.6 Å². The van der Waals surface area contributed by atoms with E-state index >= 15 is 0 Å². The van der Waals surface area contributed by atoms with Crippen LogP contribution in [-0.4, -0.2) is 63.7 Å². The molecule has 0 aromatic heterocycles. The quantitative estimate of drug-likeness (QED) is 0.377. The molecule has 0 radical (unpaired) electrons. The zero-order valence-corrected chi connectivity index (χ0v) is 8.11. The lowest BCUT2D eigenvalue weighted by Crippen LogP contribution is -2.58. The van der Waals surface area contributed by atoms with E-state index in [0.29, 0.717) is 0 Å². The van der Waals surface area contributed by atoms with Crippen molar-refractivity contribution in [2.24, 2.45) is 0 Å². The van der Waals surface area contributed by atoms with Crippen LogP contribution in [-0.2, 0) is 14.3 Å². The molecule has 0 aromatic rings. The van der Waals surface area contributed by atoms with Gasteiger partial charge in [-0.05, 0) is 0 Å². The molecular weight excluding hydrogens is 208 g/mol. The summed E-state index contributed by atoms with van der Waals surface area (Å²) in [4.78, 5) is 10.5. The van der Waals surface area contributed by atoms with Crippen molar-refractivity contribution < 1.29 is 34.7 Å². The second-order valence-electron chi connectivity index (χ2n) is 3.34. The highest BCUT2D eigenvalue weighted by Crippen LogP contribution is 2.19. The van der Waals surface area contributed by atoms with Gasteiger partial charge in [0.05, 0.1) is 0 Å². The van der Waals surface area contributed by atoms with E-state index in [9.17, 15) is 15.0 Å². The van der Waals surface area contributed by atoms with Crippen LogP contribution in [0.1, 0.15) is 6.92 Å². The molecule has 1 rings (SSSR count). The summed E-state index contributed by atoms with van der Waals surface area (Å²) in [5.41, 5.74) is 0.